The second-order valence-corrected chi connectivity index (χ2v) is 5.29. The van der Waals surface area contributed by atoms with E-state index < -0.39 is 0 Å². The number of halogens is 1. The summed E-state index contributed by atoms with van der Waals surface area (Å²) < 4.78 is 0. The second-order valence-electron chi connectivity index (χ2n) is 4.86. The van der Waals surface area contributed by atoms with Gasteiger partial charge in [-0.15, -0.1) is 0 Å². The molecule has 1 aromatic heterocycles. The van der Waals surface area contributed by atoms with Gasteiger partial charge in [-0.1, -0.05) is 11.6 Å². The Morgan fingerprint density at radius 3 is 2.41 bits per heavy atom. The second kappa shape index (κ2) is 7.22. The standard InChI is InChI=1S/C16H19ClN4O/c1-4-21(5-2)15(22)12-9-18-16(19-10-12)20-14-7-6-13(17)8-11(14)3/h6-10H,4-5H2,1-3H3,(H,18,19,20). The van der Waals surface area contributed by atoms with Gasteiger partial charge in [0, 0.05) is 36.2 Å². The first-order valence-electron chi connectivity index (χ1n) is 7.19. The predicted molar refractivity (Wildman–Crippen MR) is 88.8 cm³/mol. The fourth-order valence-corrected chi connectivity index (χ4v) is 2.31. The van der Waals surface area contributed by atoms with Crippen molar-refractivity contribution >= 4 is 29.1 Å². The van der Waals surface area contributed by atoms with Crippen LogP contribution in [-0.2, 0) is 0 Å². The van der Waals surface area contributed by atoms with Crippen LogP contribution in [0.15, 0.2) is 30.6 Å². The van der Waals surface area contributed by atoms with Gasteiger partial charge in [0.15, 0.2) is 0 Å². The number of aromatic nitrogens is 2. The molecule has 2 rings (SSSR count). The normalized spacial score (nSPS) is 10.4. The number of aryl methyl sites for hydroxylation is 1. The van der Waals surface area contributed by atoms with Gasteiger partial charge in [0.1, 0.15) is 0 Å². The van der Waals surface area contributed by atoms with Gasteiger partial charge in [0.05, 0.1) is 5.56 Å². The van der Waals surface area contributed by atoms with Gasteiger partial charge in [-0.25, -0.2) is 9.97 Å². The summed E-state index contributed by atoms with van der Waals surface area (Å²) in [6.07, 6.45) is 3.09. The molecule has 0 aliphatic carbocycles. The van der Waals surface area contributed by atoms with E-state index in [1.165, 1.54) is 0 Å². The Kier molecular flexibility index (Phi) is 5.33. The van der Waals surface area contributed by atoms with Crippen molar-refractivity contribution in [3.8, 4) is 0 Å². The number of carbonyl (C=O) groups is 1. The van der Waals surface area contributed by atoms with E-state index in [1.54, 1.807) is 23.4 Å². The zero-order chi connectivity index (χ0) is 16.1. The quantitative estimate of drug-likeness (QED) is 0.914. The van der Waals surface area contributed by atoms with E-state index >= 15 is 0 Å². The molecule has 0 radical (unpaired) electrons. The monoisotopic (exact) mass is 318 g/mol. The largest absolute Gasteiger partial charge is 0.339 e. The summed E-state index contributed by atoms with van der Waals surface area (Å²) in [5.74, 6) is 0.390. The third kappa shape index (κ3) is 3.74. The van der Waals surface area contributed by atoms with Gasteiger partial charge in [0.25, 0.3) is 5.91 Å². The Morgan fingerprint density at radius 1 is 1.23 bits per heavy atom. The molecule has 0 fully saturated rings. The lowest BCUT2D eigenvalue weighted by molar-refractivity contribution is 0.0772. The van der Waals surface area contributed by atoms with Gasteiger partial charge in [-0.2, -0.15) is 0 Å². The summed E-state index contributed by atoms with van der Waals surface area (Å²) in [5.41, 5.74) is 2.37. The van der Waals surface area contributed by atoms with Crippen LogP contribution < -0.4 is 5.32 Å². The molecule has 2 aromatic rings. The van der Waals surface area contributed by atoms with Gasteiger partial charge < -0.3 is 10.2 Å². The first-order valence-corrected chi connectivity index (χ1v) is 7.57. The van der Waals surface area contributed by atoms with Crippen LogP contribution in [0.1, 0.15) is 29.8 Å². The molecular formula is C16H19ClN4O. The number of anilines is 2. The highest BCUT2D eigenvalue weighted by Crippen LogP contribution is 2.21. The first kappa shape index (κ1) is 16.2. The van der Waals surface area contributed by atoms with Crippen LogP contribution in [0.2, 0.25) is 5.02 Å². The van der Waals surface area contributed by atoms with E-state index in [9.17, 15) is 4.79 Å². The van der Waals surface area contributed by atoms with Crippen molar-refractivity contribution in [1.82, 2.24) is 14.9 Å². The number of rotatable bonds is 5. The lowest BCUT2D eigenvalue weighted by Gasteiger charge is -2.18. The van der Waals surface area contributed by atoms with E-state index in [1.807, 2.05) is 32.9 Å². The summed E-state index contributed by atoms with van der Waals surface area (Å²) in [4.78, 5) is 22.3. The molecular weight excluding hydrogens is 300 g/mol. The van der Waals surface area contributed by atoms with Crippen molar-refractivity contribution in [3.63, 3.8) is 0 Å². The van der Waals surface area contributed by atoms with Crippen LogP contribution in [0.4, 0.5) is 11.6 Å². The zero-order valence-corrected chi connectivity index (χ0v) is 13.7. The Bertz CT molecular complexity index is 654. The third-order valence-electron chi connectivity index (χ3n) is 3.38. The van der Waals surface area contributed by atoms with E-state index in [-0.39, 0.29) is 5.91 Å². The summed E-state index contributed by atoms with van der Waals surface area (Å²) in [5, 5.41) is 3.80. The minimum absolute atomic E-state index is 0.0563. The van der Waals surface area contributed by atoms with Crippen LogP contribution in [0.3, 0.4) is 0 Å². The van der Waals surface area contributed by atoms with Crippen LogP contribution in [0.5, 0.6) is 0 Å². The van der Waals surface area contributed by atoms with Crippen LogP contribution in [0.25, 0.3) is 0 Å². The van der Waals surface area contributed by atoms with Crippen molar-refractivity contribution in [3.05, 3.63) is 46.7 Å². The average Bonchev–Trinajstić information content (AvgIpc) is 2.52. The molecule has 0 aliphatic heterocycles. The molecule has 1 N–H and O–H groups in total. The molecule has 0 atom stereocenters. The SMILES string of the molecule is CCN(CC)C(=O)c1cnc(Nc2ccc(Cl)cc2C)nc1. The fourth-order valence-electron chi connectivity index (χ4n) is 2.08. The van der Waals surface area contributed by atoms with E-state index in [4.69, 9.17) is 11.6 Å². The summed E-state index contributed by atoms with van der Waals surface area (Å²) in [6, 6.07) is 5.54. The molecule has 0 saturated heterocycles. The third-order valence-corrected chi connectivity index (χ3v) is 3.62. The lowest BCUT2D eigenvalue weighted by Crippen LogP contribution is -2.30. The minimum atomic E-state index is -0.0563. The van der Waals surface area contributed by atoms with E-state index in [2.05, 4.69) is 15.3 Å². The molecule has 5 nitrogen and oxygen atoms in total. The fraction of sp³-hybridized carbons (Fsp3) is 0.312. The van der Waals surface area contributed by atoms with Crippen LogP contribution >= 0.6 is 11.6 Å². The van der Waals surface area contributed by atoms with Crippen LogP contribution in [-0.4, -0.2) is 33.9 Å². The predicted octanol–water partition coefficient (Wildman–Crippen LogP) is 3.66. The van der Waals surface area contributed by atoms with Gasteiger partial charge >= 0.3 is 0 Å². The molecule has 0 saturated carbocycles. The molecule has 0 aliphatic rings. The maximum atomic E-state index is 12.2. The number of nitrogens with zero attached hydrogens (tertiary/aromatic N) is 3. The molecule has 0 spiro atoms. The maximum absolute atomic E-state index is 12.2. The summed E-state index contributed by atoms with van der Waals surface area (Å²) in [7, 11) is 0. The van der Waals surface area contributed by atoms with E-state index in [0.717, 1.165) is 11.3 Å². The topological polar surface area (TPSA) is 58.1 Å². The number of nitrogens with one attached hydrogen (secondary N) is 1. The summed E-state index contributed by atoms with van der Waals surface area (Å²) >= 11 is 5.93. The number of hydrogen-bond donors (Lipinski definition) is 1. The smallest absolute Gasteiger partial charge is 0.256 e. The van der Waals surface area contributed by atoms with E-state index in [0.29, 0.717) is 29.6 Å². The molecule has 0 unspecified atom stereocenters. The Labute approximate surface area is 135 Å². The molecule has 116 valence electrons. The highest BCUT2D eigenvalue weighted by molar-refractivity contribution is 6.30. The highest BCUT2D eigenvalue weighted by atomic mass is 35.5. The Morgan fingerprint density at radius 2 is 1.86 bits per heavy atom. The highest BCUT2D eigenvalue weighted by Gasteiger charge is 2.13. The van der Waals surface area contributed by atoms with Gasteiger partial charge in [-0.05, 0) is 44.5 Å². The molecule has 1 amide bonds. The maximum Gasteiger partial charge on any atom is 0.256 e. The average molecular weight is 319 g/mol. The Balaban J connectivity index is 2.13. The number of amides is 1. The Hall–Kier alpha value is -2.14. The zero-order valence-electron chi connectivity index (χ0n) is 12.9. The molecule has 1 aromatic carbocycles. The van der Waals surface area contributed by atoms with Crippen molar-refractivity contribution in [2.45, 2.75) is 20.8 Å². The first-order chi connectivity index (χ1) is 10.5. The lowest BCUT2D eigenvalue weighted by atomic mass is 10.2. The summed E-state index contributed by atoms with van der Waals surface area (Å²) in [6.45, 7) is 7.17. The number of carbonyl (C=O) groups excluding carboxylic acids is 1. The molecule has 22 heavy (non-hydrogen) atoms. The number of hydrogen-bond acceptors (Lipinski definition) is 4. The van der Waals surface area contributed by atoms with Gasteiger partial charge in [0.2, 0.25) is 5.95 Å². The van der Waals surface area contributed by atoms with Crippen molar-refractivity contribution in [2.24, 2.45) is 0 Å². The van der Waals surface area contributed by atoms with Crippen molar-refractivity contribution in [1.29, 1.82) is 0 Å². The molecule has 1 heterocycles. The minimum Gasteiger partial charge on any atom is -0.339 e. The van der Waals surface area contributed by atoms with Crippen molar-refractivity contribution < 1.29 is 4.79 Å². The van der Waals surface area contributed by atoms with Crippen molar-refractivity contribution in [2.75, 3.05) is 18.4 Å². The number of benzene rings is 1. The van der Waals surface area contributed by atoms with Crippen LogP contribution in [0, 0.1) is 6.92 Å². The van der Waals surface area contributed by atoms with Gasteiger partial charge in [-0.3, -0.25) is 4.79 Å². The molecule has 0 bridgehead atoms. The molecule has 6 heteroatoms.